The van der Waals surface area contributed by atoms with Gasteiger partial charge in [-0.3, -0.25) is 4.79 Å². The van der Waals surface area contributed by atoms with Crippen molar-refractivity contribution < 1.29 is 23.8 Å². The molecular weight excluding hydrogens is 414 g/mol. The maximum atomic E-state index is 13.6. The molecule has 0 bridgehead atoms. The highest BCUT2D eigenvalue weighted by Crippen LogP contribution is 2.40. The molecule has 5 nitrogen and oxygen atoms in total. The average molecular weight is 447 g/mol. The van der Waals surface area contributed by atoms with E-state index < -0.39 is 35.4 Å². The van der Waals surface area contributed by atoms with Crippen LogP contribution in [0.3, 0.4) is 0 Å². The van der Waals surface area contributed by atoms with E-state index in [0.29, 0.717) is 17.9 Å². The SMILES string of the molecule is CC(=O)NC(Cc1cc(F)cc(F)c1)C(O)CNC1c2cc(C(C)C)ccc2CC1(C)O. The van der Waals surface area contributed by atoms with Crippen molar-refractivity contribution in [1.82, 2.24) is 10.6 Å². The van der Waals surface area contributed by atoms with Crippen LogP contribution in [0.2, 0.25) is 0 Å². The quantitative estimate of drug-likeness (QED) is 0.502. The molecule has 4 unspecified atom stereocenters. The molecule has 1 aliphatic rings. The zero-order valence-electron chi connectivity index (χ0n) is 19.0. The van der Waals surface area contributed by atoms with Crippen LogP contribution in [0.1, 0.15) is 61.9 Å². The molecule has 0 radical (unpaired) electrons. The van der Waals surface area contributed by atoms with Crippen LogP contribution in [-0.2, 0) is 17.6 Å². The van der Waals surface area contributed by atoms with Crippen LogP contribution in [0.25, 0.3) is 0 Å². The topological polar surface area (TPSA) is 81.6 Å². The second-order valence-electron chi connectivity index (χ2n) is 9.34. The molecule has 0 aliphatic heterocycles. The van der Waals surface area contributed by atoms with E-state index >= 15 is 0 Å². The number of carbonyl (C=O) groups is 1. The first-order valence-corrected chi connectivity index (χ1v) is 10.9. The van der Waals surface area contributed by atoms with Gasteiger partial charge in [0.15, 0.2) is 0 Å². The fraction of sp³-hybridized carbons (Fsp3) is 0.480. The zero-order chi connectivity index (χ0) is 23.6. The first kappa shape index (κ1) is 24.3. The number of benzene rings is 2. The number of halogens is 2. The van der Waals surface area contributed by atoms with Crippen molar-refractivity contribution in [3.8, 4) is 0 Å². The van der Waals surface area contributed by atoms with Crippen LogP contribution in [0, 0.1) is 11.6 Å². The normalized spacial score (nSPS) is 22.0. The second kappa shape index (κ2) is 9.65. The fourth-order valence-corrected chi connectivity index (χ4v) is 4.46. The average Bonchev–Trinajstić information content (AvgIpc) is 2.92. The van der Waals surface area contributed by atoms with Gasteiger partial charge in [0, 0.05) is 26.0 Å². The molecule has 0 heterocycles. The van der Waals surface area contributed by atoms with Gasteiger partial charge < -0.3 is 20.8 Å². The number of amides is 1. The molecule has 0 fully saturated rings. The van der Waals surface area contributed by atoms with Crippen LogP contribution in [0.5, 0.6) is 0 Å². The molecule has 4 N–H and O–H groups in total. The molecule has 1 aliphatic carbocycles. The lowest BCUT2D eigenvalue weighted by atomic mass is 9.94. The van der Waals surface area contributed by atoms with Gasteiger partial charge in [0.1, 0.15) is 11.6 Å². The highest BCUT2D eigenvalue weighted by Gasteiger charge is 2.41. The fourth-order valence-electron chi connectivity index (χ4n) is 4.46. The Labute approximate surface area is 187 Å². The summed E-state index contributed by atoms with van der Waals surface area (Å²) in [6, 6.07) is 8.20. The van der Waals surface area contributed by atoms with Gasteiger partial charge >= 0.3 is 0 Å². The van der Waals surface area contributed by atoms with Gasteiger partial charge in [-0.1, -0.05) is 32.0 Å². The zero-order valence-corrected chi connectivity index (χ0v) is 19.0. The monoisotopic (exact) mass is 446 g/mol. The van der Waals surface area contributed by atoms with E-state index in [1.54, 1.807) is 6.92 Å². The Morgan fingerprint density at radius 1 is 1.19 bits per heavy atom. The van der Waals surface area contributed by atoms with Gasteiger partial charge in [-0.2, -0.15) is 0 Å². The van der Waals surface area contributed by atoms with Gasteiger partial charge in [-0.05, 0) is 53.6 Å². The van der Waals surface area contributed by atoms with Crippen molar-refractivity contribution in [2.24, 2.45) is 0 Å². The Bertz CT molecular complexity index is 957. The Hall–Kier alpha value is -2.35. The van der Waals surface area contributed by atoms with Crippen molar-refractivity contribution in [3.63, 3.8) is 0 Å². The van der Waals surface area contributed by atoms with Crippen molar-refractivity contribution in [2.75, 3.05) is 6.54 Å². The predicted octanol–water partition coefficient (Wildman–Crippen LogP) is 3.13. The number of aliphatic hydroxyl groups excluding tert-OH is 1. The van der Waals surface area contributed by atoms with E-state index in [1.807, 2.05) is 6.07 Å². The Morgan fingerprint density at radius 3 is 2.44 bits per heavy atom. The molecular formula is C25H32F2N2O3. The van der Waals surface area contributed by atoms with Gasteiger partial charge in [-0.15, -0.1) is 0 Å². The summed E-state index contributed by atoms with van der Waals surface area (Å²) in [7, 11) is 0. The largest absolute Gasteiger partial charge is 0.390 e. The summed E-state index contributed by atoms with van der Waals surface area (Å²) < 4.78 is 27.2. The summed E-state index contributed by atoms with van der Waals surface area (Å²) in [6.45, 7) is 7.37. The van der Waals surface area contributed by atoms with E-state index in [2.05, 4.69) is 36.6 Å². The number of hydrogen-bond donors (Lipinski definition) is 4. The van der Waals surface area contributed by atoms with Crippen molar-refractivity contribution in [2.45, 2.75) is 70.2 Å². The minimum absolute atomic E-state index is 0.0618. The number of hydrogen-bond acceptors (Lipinski definition) is 4. The van der Waals surface area contributed by atoms with Crippen molar-refractivity contribution in [1.29, 1.82) is 0 Å². The molecule has 2 aromatic carbocycles. The first-order valence-electron chi connectivity index (χ1n) is 10.9. The number of fused-ring (bicyclic) bond motifs is 1. The van der Waals surface area contributed by atoms with Crippen molar-refractivity contribution >= 4 is 5.91 Å². The summed E-state index contributed by atoms with van der Waals surface area (Å²) >= 11 is 0. The molecule has 0 spiro atoms. The lowest BCUT2D eigenvalue weighted by Crippen LogP contribution is -2.50. The van der Waals surface area contributed by atoms with E-state index in [0.717, 1.165) is 22.8 Å². The molecule has 1 amide bonds. The predicted molar refractivity (Wildman–Crippen MR) is 119 cm³/mol. The second-order valence-corrected chi connectivity index (χ2v) is 9.34. The molecule has 4 atom stereocenters. The third-order valence-corrected chi connectivity index (χ3v) is 6.08. The Kier molecular flexibility index (Phi) is 7.32. The number of aliphatic hydroxyl groups is 2. The Balaban J connectivity index is 1.76. The molecule has 174 valence electrons. The third kappa shape index (κ3) is 5.71. The molecule has 2 aromatic rings. The summed E-state index contributed by atoms with van der Waals surface area (Å²) in [4.78, 5) is 11.7. The molecule has 0 aromatic heterocycles. The number of carbonyl (C=O) groups excluding carboxylic acids is 1. The van der Waals surface area contributed by atoms with Gasteiger partial charge in [-0.25, -0.2) is 8.78 Å². The molecule has 7 heteroatoms. The van der Waals surface area contributed by atoms with E-state index in [-0.39, 0.29) is 18.9 Å². The lowest BCUT2D eigenvalue weighted by Gasteiger charge is -2.30. The van der Waals surface area contributed by atoms with E-state index in [9.17, 15) is 23.8 Å². The van der Waals surface area contributed by atoms with E-state index in [1.165, 1.54) is 19.1 Å². The summed E-state index contributed by atoms with van der Waals surface area (Å²) in [6.07, 6.45) is -0.489. The van der Waals surface area contributed by atoms with Gasteiger partial charge in [0.25, 0.3) is 0 Å². The summed E-state index contributed by atoms with van der Waals surface area (Å²) in [5.41, 5.74) is 2.52. The van der Waals surface area contributed by atoms with Gasteiger partial charge in [0.2, 0.25) is 5.91 Å². The number of nitrogens with one attached hydrogen (secondary N) is 2. The maximum Gasteiger partial charge on any atom is 0.217 e. The molecule has 0 saturated heterocycles. The van der Waals surface area contributed by atoms with Crippen LogP contribution in [0.4, 0.5) is 8.78 Å². The van der Waals surface area contributed by atoms with Crippen molar-refractivity contribution in [3.05, 3.63) is 70.3 Å². The summed E-state index contributed by atoms with van der Waals surface area (Å²) in [5, 5.41) is 27.8. The molecule has 32 heavy (non-hydrogen) atoms. The lowest BCUT2D eigenvalue weighted by molar-refractivity contribution is -0.120. The maximum absolute atomic E-state index is 13.6. The standard InChI is InChI=1S/C25H32F2N2O3/c1-14(2)17-5-6-18-12-25(4,32)24(21(18)10-17)28-13-23(31)22(29-15(3)30)9-16-7-19(26)11-20(27)8-16/h5-8,10-11,14,22-24,28,31-32H,9,12-13H2,1-4H3,(H,29,30). The van der Waals surface area contributed by atoms with Crippen LogP contribution >= 0.6 is 0 Å². The highest BCUT2D eigenvalue weighted by molar-refractivity contribution is 5.73. The molecule has 0 saturated carbocycles. The first-order chi connectivity index (χ1) is 15.0. The molecule has 3 rings (SSSR count). The number of rotatable bonds is 8. The van der Waals surface area contributed by atoms with Crippen LogP contribution < -0.4 is 10.6 Å². The highest BCUT2D eigenvalue weighted by atomic mass is 19.1. The smallest absolute Gasteiger partial charge is 0.217 e. The summed E-state index contributed by atoms with van der Waals surface area (Å²) in [5.74, 6) is -1.44. The third-order valence-electron chi connectivity index (χ3n) is 6.08. The van der Waals surface area contributed by atoms with Gasteiger partial charge in [0.05, 0.1) is 23.8 Å². The van der Waals surface area contributed by atoms with Crippen LogP contribution in [-0.4, -0.2) is 40.4 Å². The Morgan fingerprint density at radius 2 is 1.84 bits per heavy atom. The minimum atomic E-state index is -1.04. The van der Waals surface area contributed by atoms with E-state index in [4.69, 9.17) is 0 Å². The van der Waals surface area contributed by atoms with Crippen LogP contribution in [0.15, 0.2) is 36.4 Å². The minimum Gasteiger partial charge on any atom is -0.390 e.